The third-order valence-corrected chi connectivity index (χ3v) is 5.39. The molecule has 0 radical (unpaired) electrons. The quantitative estimate of drug-likeness (QED) is 0.753. The van der Waals surface area contributed by atoms with E-state index < -0.39 is 34.5 Å². The molecule has 0 aliphatic rings. The van der Waals surface area contributed by atoms with E-state index in [0.29, 0.717) is 5.56 Å². The largest absolute Gasteiger partial charge is 0.405 e. The highest BCUT2D eigenvalue weighted by Gasteiger charge is 2.28. The highest BCUT2D eigenvalue weighted by atomic mass is 32.2. The molecular weight excluding hydrogens is 388 g/mol. The molecule has 0 unspecified atom stereocenters. The van der Waals surface area contributed by atoms with Crippen molar-refractivity contribution in [2.75, 3.05) is 13.6 Å². The first-order valence-electron chi connectivity index (χ1n) is 7.65. The minimum atomic E-state index is -4.54. The van der Waals surface area contributed by atoms with Crippen LogP contribution in [0.2, 0.25) is 0 Å². The zero-order valence-electron chi connectivity index (χ0n) is 14.1. The second-order valence-electron chi connectivity index (χ2n) is 5.71. The highest BCUT2D eigenvalue weighted by molar-refractivity contribution is 7.89. The predicted molar refractivity (Wildman–Crippen MR) is 89.9 cm³/mol. The van der Waals surface area contributed by atoms with Gasteiger partial charge in [0.1, 0.15) is 12.4 Å². The molecule has 2 rings (SSSR count). The smallest absolute Gasteiger partial charge is 0.343 e. The maximum Gasteiger partial charge on any atom is 0.405 e. The van der Waals surface area contributed by atoms with Gasteiger partial charge in [-0.25, -0.2) is 12.8 Å². The van der Waals surface area contributed by atoms with Crippen LogP contribution in [0.1, 0.15) is 15.9 Å². The first kappa shape index (κ1) is 20.8. The van der Waals surface area contributed by atoms with Gasteiger partial charge in [-0.1, -0.05) is 12.1 Å². The van der Waals surface area contributed by atoms with E-state index in [1.54, 1.807) is 11.4 Å². The fraction of sp³-hybridized carbons (Fsp3) is 0.235. The standard InChI is InChI=1S/C17H16F4N2O3S/c1-23(10-12-3-2-4-14(18)9-12)27(25,26)15-7-5-13(6-8-15)16(24)22-11-17(19,20)21/h2-9H,10-11H2,1H3,(H,22,24). The molecule has 0 fully saturated rings. The Hall–Kier alpha value is -2.46. The summed E-state index contributed by atoms with van der Waals surface area (Å²) >= 11 is 0. The Bertz CT molecular complexity index is 913. The Morgan fingerprint density at radius 1 is 1.11 bits per heavy atom. The van der Waals surface area contributed by atoms with Crippen LogP contribution in [0.15, 0.2) is 53.4 Å². The summed E-state index contributed by atoms with van der Waals surface area (Å²) in [5.74, 6) is -1.46. The van der Waals surface area contributed by atoms with E-state index in [0.717, 1.165) is 28.6 Å². The number of hydrogen-bond acceptors (Lipinski definition) is 3. The van der Waals surface area contributed by atoms with Gasteiger partial charge in [-0.2, -0.15) is 17.5 Å². The summed E-state index contributed by atoms with van der Waals surface area (Å²) in [6, 6.07) is 9.96. The topological polar surface area (TPSA) is 66.5 Å². The SMILES string of the molecule is CN(Cc1cccc(F)c1)S(=O)(=O)c1ccc(C(=O)NCC(F)(F)F)cc1. The van der Waals surface area contributed by atoms with Crippen LogP contribution in [0, 0.1) is 5.82 Å². The van der Waals surface area contributed by atoms with Gasteiger partial charge in [0.2, 0.25) is 10.0 Å². The van der Waals surface area contributed by atoms with Crippen molar-refractivity contribution in [2.24, 2.45) is 0 Å². The molecule has 2 aromatic carbocycles. The number of carbonyl (C=O) groups is 1. The van der Waals surface area contributed by atoms with Crippen LogP contribution in [0.5, 0.6) is 0 Å². The summed E-state index contributed by atoms with van der Waals surface area (Å²) in [5, 5.41) is 1.70. The third-order valence-electron chi connectivity index (χ3n) is 3.57. The van der Waals surface area contributed by atoms with E-state index in [-0.39, 0.29) is 17.0 Å². The number of nitrogens with zero attached hydrogens (tertiary/aromatic N) is 1. The van der Waals surface area contributed by atoms with E-state index in [1.165, 1.54) is 25.2 Å². The van der Waals surface area contributed by atoms with Crippen LogP contribution >= 0.6 is 0 Å². The zero-order valence-corrected chi connectivity index (χ0v) is 14.9. The first-order valence-corrected chi connectivity index (χ1v) is 9.09. The van der Waals surface area contributed by atoms with Gasteiger partial charge in [-0.3, -0.25) is 4.79 Å². The molecule has 0 aromatic heterocycles. The Morgan fingerprint density at radius 3 is 2.30 bits per heavy atom. The van der Waals surface area contributed by atoms with Crippen molar-refractivity contribution in [3.8, 4) is 0 Å². The summed E-state index contributed by atoms with van der Waals surface area (Å²) in [5.41, 5.74) is 0.343. The number of halogens is 4. The van der Waals surface area contributed by atoms with Crippen LogP contribution < -0.4 is 5.32 Å². The molecule has 10 heteroatoms. The molecule has 0 spiro atoms. The Morgan fingerprint density at radius 2 is 1.74 bits per heavy atom. The molecular formula is C17H16F4N2O3S. The van der Waals surface area contributed by atoms with Crippen molar-refractivity contribution in [2.45, 2.75) is 17.6 Å². The summed E-state index contributed by atoms with van der Waals surface area (Å²) in [7, 11) is -2.62. The van der Waals surface area contributed by atoms with E-state index in [2.05, 4.69) is 0 Å². The lowest BCUT2D eigenvalue weighted by Gasteiger charge is -2.17. The van der Waals surface area contributed by atoms with E-state index >= 15 is 0 Å². The van der Waals surface area contributed by atoms with Crippen molar-refractivity contribution in [1.29, 1.82) is 0 Å². The average molecular weight is 404 g/mol. The van der Waals surface area contributed by atoms with Gasteiger partial charge in [-0.05, 0) is 42.0 Å². The zero-order chi connectivity index (χ0) is 20.2. The summed E-state index contributed by atoms with van der Waals surface area (Å²) in [6.45, 7) is -1.56. The van der Waals surface area contributed by atoms with Crippen LogP contribution in [-0.2, 0) is 16.6 Å². The average Bonchev–Trinajstić information content (AvgIpc) is 2.59. The number of nitrogens with one attached hydrogen (secondary N) is 1. The van der Waals surface area contributed by atoms with Crippen LogP contribution in [-0.4, -0.2) is 38.4 Å². The first-order chi connectivity index (χ1) is 12.5. The monoisotopic (exact) mass is 404 g/mol. The molecule has 0 bridgehead atoms. The molecule has 0 saturated carbocycles. The number of benzene rings is 2. The van der Waals surface area contributed by atoms with E-state index in [1.807, 2.05) is 0 Å². The lowest BCUT2D eigenvalue weighted by atomic mass is 10.2. The van der Waals surface area contributed by atoms with Gasteiger partial charge >= 0.3 is 6.18 Å². The van der Waals surface area contributed by atoms with Crippen LogP contribution in [0.4, 0.5) is 17.6 Å². The summed E-state index contributed by atoms with van der Waals surface area (Å²) in [6.07, 6.45) is -4.54. The third kappa shape index (κ3) is 5.76. The molecule has 146 valence electrons. The number of alkyl halides is 3. The Balaban J connectivity index is 2.11. The highest BCUT2D eigenvalue weighted by Crippen LogP contribution is 2.18. The molecule has 5 nitrogen and oxygen atoms in total. The lowest BCUT2D eigenvalue weighted by molar-refractivity contribution is -0.123. The summed E-state index contributed by atoms with van der Waals surface area (Å²) < 4.78 is 75.7. The lowest BCUT2D eigenvalue weighted by Crippen LogP contribution is -2.33. The van der Waals surface area contributed by atoms with Crippen molar-refractivity contribution < 1.29 is 30.8 Å². The molecule has 0 atom stereocenters. The fourth-order valence-corrected chi connectivity index (χ4v) is 3.38. The molecule has 2 aromatic rings. The molecule has 1 amide bonds. The van der Waals surface area contributed by atoms with Gasteiger partial charge in [0.25, 0.3) is 5.91 Å². The minimum Gasteiger partial charge on any atom is -0.343 e. The molecule has 0 saturated heterocycles. The fourth-order valence-electron chi connectivity index (χ4n) is 2.22. The van der Waals surface area contributed by atoms with Crippen LogP contribution in [0.25, 0.3) is 0 Å². The number of sulfonamides is 1. The normalized spacial score (nSPS) is 12.2. The maximum absolute atomic E-state index is 13.2. The second kappa shape index (κ2) is 8.05. The van der Waals surface area contributed by atoms with Crippen LogP contribution in [0.3, 0.4) is 0 Å². The second-order valence-corrected chi connectivity index (χ2v) is 7.76. The van der Waals surface area contributed by atoms with Gasteiger partial charge in [0.15, 0.2) is 0 Å². The van der Waals surface area contributed by atoms with Gasteiger partial charge in [0, 0.05) is 19.2 Å². The maximum atomic E-state index is 13.2. The van der Waals surface area contributed by atoms with Gasteiger partial charge in [0.05, 0.1) is 4.90 Å². The van der Waals surface area contributed by atoms with E-state index in [4.69, 9.17) is 0 Å². The van der Waals surface area contributed by atoms with Crippen molar-refractivity contribution in [3.63, 3.8) is 0 Å². The molecule has 0 heterocycles. The number of hydrogen-bond donors (Lipinski definition) is 1. The van der Waals surface area contributed by atoms with Gasteiger partial charge < -0.3 is 5.32 Å². The minimum absolute atomic E-state index is 0.0755. The molecule has 1 N–H and O–H groups in total. The number of carbonyl (C=O) groups excluding carboxylic acids is 1. The molecule has 27 heavy (non-hydrogen) atoms. The van der Waals surface area contributed by atoms with Crippen molar-refractivity contribution in [3.05, 3.63) is 65.5 Å². The van der Waals surface area contributed by atoms with Crippen molar-refractivity contribution >= 4 is 15.9 Å². The van der Waals surface area contributed by atoms with Gasteiger partial charge in [-0.15, -0.1) is 0 Å². The predicted octanol–water partition coefficient (Wildman–Crippen LogP) is 2.94. The number of amides is 1. The van der Waals surface area contributed by atoms with Crippen molar-refractivity contribution in [1.82, 2.24) is 9.62 Å². The Kier molecular flexibility index (Phi) is 6.22. The molecule has 0 aliphatic carbocycles. The van der Waals surface area contributed by atoms with E-state index in [9.17, 15) is 30.8 Å². The Labute approximate surface area is 153 Å². The summed E-state index contributed by atoms with van der Waals surface area (Å²) in [4.78, 5) is 11.5. The number of rotatable bonds is 6. The molecule has 0 aliphatic heterocycles.